The van der Waals surface area contributed by atoms with Crippen LogP contribution in [0.5, 0.6) is 5.75 Å². The lowest BCUT2D eigenvalue weighted by Crippen LogP contribution is -2.03. The Hall–Kier alpha value is -2.07. The fourth-order valence-electron chi connectivity index (χ4n) is 2.26. The molecule has 0 saturated carbocycles. The number of halogens is 1. The molecular formula is C16H12BrNO2. The SMILES string of the molecule is COc1ccccc1C(=O)c1c[nH]c2cc(Br)ccc12. The Bertz CT molecular complexity index is 792. The van der Waals surface area contributed by atoms with Crippen molar-refractivity contribution in [1.82, 2.24) is 4.98 Å². The number of rotatable bonds is 3. The van der Waals surface area contributed by atoms with Gasteiger partial charge in [-0.1, -0.05) is 34.1 Å². The van der Waals surface area contributed by atoms with E-state index in [2.05, 4.69) is 20.9 Å². The van der Waals surface area contributed by atoms with Crippen molar-refractivity contribution in [3.63, 3.8) is 0 Å². The number of ether oxygens (including phenoxy) is 1. The number of para-hydroxylation sites is 1. The summed E-state index contributed by atoms with van der Waals surface area (Å²) in [5.74, 6) is 0.542. The van der Waals surface area contributed by atoms with Gasteiger partial charge in [-0.25, -0.2) is 0 Å². The van der Waals surface area contributed by atoms with E-state index < -0.39 is 0 Å². The fourth-order valence-corrected chi connectivity index (χ4v) is 2.62. The molecule has 0 spiro atoms. The smallest absolute Gasteiger partial charge is 0.198 e. The van der Waals surface area contributed by atoms with E-state index in [1.165, 1.54) is 0 Å². The molecule has 0 aliphatic heterocycles. The van der Waals surface area contributed by atoms with Gasteiger partial charge in [0.05, 0.1) is 12.7 Å². The summed E-state index contributed by atoms with van der Waals surface area (Å²) in [5.41, 5.74) is 2.15. The first-order valence-electron chi connectivity index (χ1n) is 6.15. The maximum atomic E-state index is 12.7. The minimum absolute atomic E-state index is 0.0453. The zero-order chi connectivity index (χ0) is 14.1. The van der Waals surface area contributed by atoms with Gasteiger partial charge in [-0.3, -0.25) is 4.79 Å². The van der Waals surface area contributed by atoms with Crippen LogP contribution in [0.3, 0.4) is 0 Å². The predicted molar refractivity (Wildman–Crippen MR) is 82.4 cm³/mol. The molecule has 0 amide bonds. The maximum Gasteiger partial charge on any atom is 0.198 e. The number of aromatic nitrogens is 1. The summed E-state index contributed by atoms with van der Waals surface area (Å²) < 4.78 is 6.23. The molecule has 1 heterocycles. The van der Waals surface area contributed by atoms with Crippen molar-refractivity contribution in [1.29, 1.82) is 0 Å². The Labute approximate surface area is 124 Å². The van der Waals surface area contributed by atoms with E-state index in [-0.39, 0.29) is 5.78 Å². The van der Waals surface area contributed by atoms with Gasteiger partial charge in [0.25, 0.3) is 0 Å². The number of fused-ring (bicyclic) bond motifs is 1. The Kier molecular flexibility index (Phi) is 3.32. The topological polar surface area (TPSA) is 42.1 Å². The second-order valence-corrected chi connectivity index (χ2v) is 5.34. The number of benzene rings is 2. The third kappa shape index (κ3) is 2.12. The summed E-state index contributed by atoms with van der Waals surface area (Å²) in [6, 6.07) is 13.1. The molecule has 0 bridgehead atoms. The summed E-state index contributed by atoms with van der Waals surface area (Å²) >= 11 is 3.42. The molecule has 0 radical (unpaired) electrons. The van der Waals surface area contributed by atoms with Gasteiger partial charge in [0, 0.05) is 27.1 Å². The van der Waals surface area contributed by atoms with E-state index in [9.17, 15) is 4.79 Å². The number of hydrogen-bond donors (Lipinski definition) is 1. The first-order valence-corrected chi connectivity index (χ1v) is 6.94. The largest absolute Gasteiger partial charge is 0.496 e. The number of carbonyl (C=O) groups is 1. The first kappa shape index (κ1) is 12.9. The lowest BCUT2D eigenvalue weighted by Gasteiger charge is -2.06. The number of ketones is 1. The van der Waals surface area contributed by atoms with Crippen molar-refractivity contribution >= 4 is 32.6 Å². The Morgan fingerprint density at radius 2 is 1.95 bits per heavy atom. The van der Waals surface area contributed by atoms with Crippen molar-refractivity contribution < 1.29 is 9.53 Å². The highest BCUT2D eigenvalue weighted by Gasteiger charge is 2.17. The van der Waals surface area contributed by atoms with E-state index in [1.807, 2.05) is 30.3 Å². The van der Waals surface area contributed by atoms with Gasteiger partial charge >= 0.3 is 0 Å². The van der Waals surface area contributed by atoms with Crippen molar-refractivity contribution in [3.8, 4) is 5.75 Å². The molecule has 100 valence electrons. The molecular weight excluding hydrogens is 318 g/mol. The van der Waals surface area contributed by atoms with E-state index in [1.54, 1.807) is 25.4 Å². The normalized spacial score (nSPS) is 10.7. The molecule has 1 N–H and O–H groups in total. The second kappa shape index (κ2) is 5.13. The van der Waals surface area contributed by atoms with Gasteiger partial charge in [0.15, 0.2) is 5.78 Å². The summed E-state index contributed by atoms with van der Waals surface area (Å²) in [6.45, 7) is 0. The van der Waals surface area contributed by atoms with Crippen molar-refractivity contribution in [2.45, 2.75) is 0 Å². The molecule has 2 aromatic carbocycles. The molecule has 0 unspecified atom stereocenters. The van der Waals surface area contributed by atoms with Gasteiger partial charge in [-0.05, 0) is 24.3 Å². The summed E-state index contributed by atoms with van der Waals surface area (Å²) in [6.07, 6.45) is 1.74. The lowest BCUT2D eigenvalue weighted by atomic mass is 10.0. The first-order chi connectivity index (χ1) is 9.70. The molecule has 0 saturated heterocycles. The summed E-state index contributed by atoms with van der Waals surface area (Å²) in [4.78, 5) is 15.8. The number of carbonyl (C=O) groups excluding carboxylic acids is 1. The monoisotopic (exact) mass is 329 g/mol. The zero-order valence-corrected chi connectivity index (χ0v) is 12.4. The highest BCUT2D eigenvalue weighted by atomic mass is 79.9. The number of methoxy groups -OCH3 is 1. The molecule has 0 aliphatic carbocycles. The summed E-state index contributed by atoms with van der Waals surface area (Å²) in [7, 11) is 1.57. The summed E-state index contributed by atoms with van der Waals surface area (Å²) in [5, 5.41) is 0.907. The van der Waals surface area contributed by atoms with E-state index >= 15 is 0 Å². The molecule has 3 rings (SSSR count). The van der Waals surface area contributed by atoms with Crippen LogP contribution >= 0.6 is 15.9 Å². The number of nitrogens with one attached hydrogen (secondary N) is 1. The lowest BCUT2D eigenvalue weighted by molar-refractivity contribution is 0.103. The fraction of sp³-hybridized carbons (Fsp3) is 0.0625. The van der Waals surface area contributed by atoms with Crippen LogP contribution in [-0.2, 0) is 0 Å². The van der Waals surface area contributed by atoms with E-state index in [0.29, 0.717) is 16.9 Å². The van der Waals surface area contributed by atoms with Crippen LogP contribution in [0, 0.1) is 0 Å². The Balaban J connectivity index is 2.13. The number of hydrogen-bond acceptors (Lipinski definition) is 2. The van der Waals surface area contributed by atoms with Gasteiger partial charge in [-0.2, -0.15) is 0 Å². The van der Waals surface area contributed by atoms with Crippen molar-refractivity contribution in [3.05, 3.63) is 64.3 Å². The molecule has 0 aliphatic rings. The number of aromatic amines is 1. The van der Waals surface area contributed by atoms with E-state index in [0.717, 1.165) is 15.4 Å². The molecule has 3 aromatic rings. The van der Waals surface area contributed by atoms with Crippen molar-refractivity contribution in [2.75, 3.05) is 7.11 Å². The maximum absolute atomic E-state index is 12.7. The molecule has 20 heavy (non-hydrogen) atoms. The highest BCUT2D eigenvalue weighted by molar-refractivity contribution is 9.10. The Morgan fingerprint density at radius 1 is 1.15 bits per heavy atom. The Morgan fingerprint density at radius 3 is 2.75 bits per heavy atom. The minimum Gasteiger partial charge on any atom is -0.496 e. The van der Waals surface area contributed by atoms with Gasteiger partial charge in [0.2, 0.25) is 0 Å². The van der Waals surface area contributed by atoms with Crippen LogP contribution < -0.4 is 4.74 Å². The quantitative estimate of drug-likeness (QED) is 0.733. The van der Waals surface area contributed by atoms with Gasteiger partial charge in [0.1, 0.15) is 5.75 Å². The highest BCUT2D eigenvalue weighted by Crippen LogP contribution is 2.27. The minimum atomic E-state index is -0.0453. The third-order valence-corrected chi connectivity index (χ3v) is 3.73. The third-order valence-electron chi connectivity index (χ3n) is 3.24. The second-order valence-electron chi connectivity index (χ2n) is 4.42. The van der Waals surface area contributed by atoms with Crippen LogP contribution in [0.4, 0.5) is 0 Å². The van der Waals surface area contributed by atoms with Gasteiger partial charge < -0.3 is 9.72 Å². The molecule has 0 atom stereocenters. The zero-order valence-electron chi connectivity index (χ0n) is 10.8. The molecule has 1 aromatic heterocycles. The molecule has 4 heteroatoms. The van der Waals surface area contributed by atoms with E-state index in [4.69, 9.17) is 4.74 Å². The molecule has 3 nitrogen and oxygen atoms in total. The van der Waals surface area contributed by atoms with Crippen LogP contribution in [0.2, 0.25) is 0 Å². The predicted octanol–water partition coefficient (Wildman–Crippen LogP) is 4.17. The standard InChI is InChI=1S/C16H12BrNO2/c1-20-15-5-3-2-4-12(15)16(19)13-9-18-14-8-10(17)6-7-11(13)14/h2-9,18H,1H3. The van der Waals surface area contributed by atoms with Crippen LogP contribution in [0.25, 0.3) is 10.9 Å². The van der Waals surface area contributed by atoms with Crippen LogP contribution in [0.15, 0.2) is 53.1 Å². The average molecular weight is 330 g/mol. The van der Waals surface area contributed by atoms with Crippen molar-refractivity contribution in [2.24, 2.45) is 0 Å². The number of H-pyrrole nitrogens is 1. The van der Waals surface area contributed by atoms with Crippen LogP contribution in [-0.4, -0.2) is 17.9 Å². The van der Waals surface area contributed by atoms with Crippen LogP contribution in [0.1, 0.15) is 15.9 Å². The van der Waals surface area contributed by atoms with Gasteiger partial charge in [-0.15, -0.1) is 0 Å². The average Bonchev–Trinajstić information content (AvgIpc) is 2.89. The molecule has 0 fully saturated rings.